The molecule has 0 bridgehead atoms. The lowest BCUT2D eigenvalue weighted by molar-refractivity contribution is 0.636. The Hall–Kier alpha value is -1.55. The number of benzene rings is 1. The van der Waals surface area contributed by atoms with Gasteiger partial charge in [-0.2, -0.15) is 5.26 Å². The van der Waals surface area contributed by atoms with Crippen LogP contribution in [0.4, 0.5) is 0 Å². The number of aryl methyl sites for hydroxylation is 1. The molecule has 0 N–H and O–H groups in total. The second-order valence-corrected chi connectivity index (χ2v) is 4.40. The van der Waals surface area contributed by atoms with E-state index in [-0.39, 0.29) is 0 Å². The Labute approximate surface area is 91.0 Å². The van der Waals surface area contributed by atoms with Gasteiger partial charge in [-0.3, -0.25) is 0 Å². The van der Waals surface area contributed by atoms with Gasteiger partial charge in [-0.05, 0) is 35.5 Å². The summed E-state index contributed by atoms with van der Waals surface area (Å²) in [5.74, 6) is 0.988. The maximum Gasteiger partial charge on any atom is 0.0915 e. The van der Waals surface area contributed by atoms with E-state index in [1.54, 1.807) is 6.08 Å². The molecule has 0 amide bonds. The summed E-state index contributed by atoms with van der Waals surface area (Å²) in [6.07, 6.45) is 1.70. The third kappa shape index (κ3) is 1.47. The molecule has 1 aromatic rings. The number of fused-ring (bicyclic) bond motifs is 1. The summed E-state index contributed by atoms with van der Waals surface area (Å²) in [5.41, 5.74) is 5.12. The molecule has 2 rings (SSSR count). The molecule has 0 radical (unpaired) electrons. The predicted molar refractivity (Wildman–Crippen MR) is 62.3 cm³/mol. The lowest BCUT2D eigenvalue weighted by Crippen LogP contribution is -1.97. The van der Waals surface area contributed by atoms with Gasteiger partial charge in [0.25, 0.3) is 0 Å². The Bertz CT molecular complexity index is 463. The van der Waals surface area contributed by atoms with Gasteiger partial charge in [-0.15, -0.1) is 0 Å². The van der Waals surface area contributed by atoms with Crippen molar-refractivity contribution in [1.29, 1.82) is 5.26 Å². The van der Waals surface area contributed by atoms with Crippen LogP contribution in [-0.2, 0) is 0 Å². The maximum absolute atomic E-state index is 8.80. The van der Waals surface area contributed by atoms with E-state index in [0.29, 0.717) is 11.8 Å². The minimum Gasteiger partial charge on any atom is -0.193 e. The van der Waals surface area contributed by atoms with E-state index >= 15 is 0 Å². The second-order valence-electron chi connectivity index (χ2n) is 4.40. The lowest BCUT2D eigenvalue weighted by Gasteiger charge is -2.09. The molecule has 15 heavy (non-hydrogen) atoms. The van der Waals surface area contributed by atoms with Crippen molar-refractivity contribution in [1.82, 2.24) is 0 Å². The summed E-state index contributed by atoms with van der Waals surface area (Å²) in [7, 11) is 0. The zero-order valence-electron chi connectivity index (χ0n) is 9.41. The fourth-order valence-corrected chi connectivity index (χ4v) is 2.38. The van der Waals surface area contributed by atoms with Gasteiger partial charge >= 0.3 is 0 Å². The van der Waals surface area contributed by atoms with Crippen LogP contribution in [0.25, 0.3) is 5.57 Å². The summed E-state index contributed by atoms with van der Waals surface area (Å²) in [6, 6.07) is 8.70. The normalized spacial score (nSPS) is 26.4. The SMILES string of the molecule is Cc1ccc2c(c1)C(=CC#N)C(C)C2C. The Balaban J connectivity index is 2.63. The van der Waals surface area contributed by atoms with E-state index in [2.05, 4.69) is 45.0 Å². The molecular weight excluding hydrogens is 182 g/mol. The standard InChI is InChI=1S/C14H15N/c1-9-4-5-12-10(2)11(3)13(6-7-15)14(12)8-9/h4-6,8,10-11H,1-3H3. The van der Waals surface area contributed by atoms with Crippen molar-refractivity contribution in [3.63, 3.8) is 0 Å². The van der Waals surface area contributed by atoms with E-state index in [4.69, 9.17) is 5.26 Å². The summed E-state index contributed by atoms with van der Waals surface area (Å²) in [4.78, 5) is 0. The van der Waals surface area contributed by atoms with Crippen LogP contribution in [-0.4, -0.2) is 0 Å². The van der Waals surface area contributed by atoms with E-state index in [1.807, 2.05) is 0 Å². The Kier molecular flexibility index (Phi) is 2.36. The molecule has 2 atom stereocenters. The summed E-state index contributed by atoms with van der Waals surface area (Å²) in [6.45, 7) is 6.53. The fourth-order valence-electron chi connectivity index (χ4n) is 2.38. The number of nitriles is 1. The predicted octanol–water partition coefficient (Wildman–Crippen LogP) is 3.66. The molecule has 0 spiro atoms. The van der Waals surface area contributed by atoms with Gasteiger partial charge in [0.05, 0.1) is 6.07 Å². The highest BCUT2D eigenvalue weighted by atomic mass is 14.3. The number of allylic oxidation sites excluding steroid dienone is 2. The Morgan fingerprint density at radius 2 is 2.00 bits per heavy atom. The molecule has 0 saturated carbocycles. The van der Waals surface area contributed by atoms with E-state index < -0.39 is 0 Å². The van der Waals surface area contributed by atoms with Crippen LogP contribution in [0.2, 0.25) is 0 Å². The van der Waals surface area contributed by atoms with Crippen LogP contribution in [0.5, 0.6) is 0 Å². The van der Waals surface area contributed by atoms with Gasteiger partial charge in [0.1, 0.15) is 0 Å². The zero-order chi connectivity index (χ0) is 11.0. The van der Waals surface area contributed by atoms with Crippen LogP contribution < -0.4 is 0 Å². The minimum absolute atomic E-state index is 0.460. The molecule has 0 fully saturated rings. The van der Waals surface area contributed by atoms with Gasteiger partial charge in [0, 0.05) is 6.08 Å². The molecule has 1 heteroatoms. The Morgan fingerprint density at radius 1 is 1.27 bits per heavy atom. The zero-order valence-corrected chi connectivity index (χ0v) is 9.41. The van der Waals surface area contributed by atoms with Gasteiger partial charge < -0.3 is 0 Å². The minimum atomic E-state index is 0.460. The van der Waals surface area contributed by atoms with Gasteiger partial charge in [-0.25, -0.2) is 0 Å². The first-order valence-corrected chi connectivity index (χ1v) is 5.35. The fraction of sp³-hybridized carbons (Fsp3) is 0.357. The van der Waals surface area contributed by atoms with Crippen LogP contribution in [0.3, 0.4) is 0 Å². The topological polar surface area (TPSA) is 23.8 Å². The molecule has 1 aliphatic carbocycles. The average molecular weight is 197 g/mol. The van der Waals surface area contributed by atoms with Crippen LogP contribution in [0.15, 0.2) is 24.3 Å². The van der Waals surface area contributed by atoms with Crippen LogP contribution >= 0.6 is 0 Å². The molecule has 1 aliphatic rings. The molecule has 0 aromatic heterocycles. The molecule has 1 nitrogen and oxygen atoms in total. The monoisotopic (exact) mass is 197 g/mol. The first kappa shape index (κ1) is 9.98. The summed E-state index contributed by atoms with van der Waals surface area (Å²) in [5, 5.41) is 8.80. The molecule has 0 saturated heterocycles. The quantitative estimate of drug-likeness (QED) is 0.582. The molecule has 2 unspecified atom stereocenters. The highest BCUT2D eigenvalue weighted by Crippen LogP contribution is 2.45. The molecule has 0 aliphatic heterocycles. The van der Waals surface area contributed by atoms with Gasteiger partial charge in [0.2, 0.25) is 0 Å². The highest BCUT2D eigenvalue weighted by Gasteiger charge is 2.29. The van der Waals surface area contributed by atoms with Crippen molar-refractivity contribution < 1.29 is 0 Å². The first-order valence-electron chi connectivity index (χ1n) is 5.35. The van der Waals surface area contributed by atoms with E-state index in [9.17, 15) is 0 Å². The Morgan fingerprint density at radius 3 is 2.67 bits per heavy atom. The van der Waals surface area contributed by atoms with E-state index in [0.717, 1.165) is 0 Å². The smallest absolute Gasteiger partial charge is 0.0915 e. The first-order chi connectivity index (χ1) is 7.15. The van der Waals surface area contributed by atoms with Crippen LogP contribution in [0, 0.1) is 24.2 Å². The largest absolute Gasteiger partial charge is 0.193 e. The molecular formula is C14H15N. The molecule has 1 aromatic carbocycles. The van der Waals surface area contributed by atoms with Crippen LogP contribution in [0.1, 0.15) is 36.5 Å². The molecule has 76 valence electrons. The van der Waals surface area contributed by atoms with Crippen molar-refractivity contribution in [3.05, 3.63) is 41.0 Å². The van der Waals surface area contributed by atoms with Crippen molar-refractivity contribution >= 4 is 5.57 Å². The molecule has 0 heterocycles. The highest BCUT2D eigenvalue weighted by molar-refractivity contribution is 5.77. The van der Waals surface area contributed by atoms with Crippen molar-refractivity contribution in [2.45, 2.75) is 26.7 Å². The van der Waals surface area contributed by atoms with E-state index in [1.165, 1.54) is 22.3 Å². The number of nitrogens with zero attached hydrogens (tertiary/aromatic N) is 1. The van der Waals surface area contributed by atoms with Gasteiger partial charge in [-0.1, -0.05) is 37.6 Å². The third-order valence-corrected chi connectivity index (χ3v) is 3.47. The number of hydrogen-bond donors (Lipinski definition) is 0. The lowest BCUT2D eigenvalue weighted by atomic mass is 9.94. The maximum atomic E-state index is 8.80. The van der Waals surface area contributed by atoms with Gasteiger partial charge in [0.15, 0.2) is 0 Å². The average Bonchev–Trinajstić information content (AvgIpc) is 2.44. The third-order valence-electron chi connectivity index (χ3n) is 3.47. The van der Waals surface area contributed by atoms with Crippen molar-refractivity contribution in [3.8, 4) is 6.07 Å². The number of rotatable bonds is 0. The van der Waals surface area contributed by atoms with Crippen molar-refractivity contribution in [2.75, 3.05) is 0 Å². The summed E-state index contributed by atoms with van der Waals surface area (Å²) < 4.78 is 0. The number of hydrogen-bond acceptors (Lipinski definition) is 1. The van der Waals surface area contributed by atoms with Crippen molar-refractivity contribution in [2.24, 2.45) is 5.92 Å². The summed E-state index contributed by atoms with van der Waals surface area (Å²) >= 11 is 0. The second kappa shape index (κ2) is 3.55.